The Bertz CT molecular complexity index is 532. The summed E-state index contributed by atoms with van der Waals surface area (Å²) in [7, 11) is 0. The Hall–Kier alpha value is -1.18. The van der Waals surface area contributed by atoms with Crippen LogP contribution < -0.4 is 5.32 Å². The first-order chi connectivity index (χ1) is 10.0. The third kappa shape index (κ3) is 4.39. The first kappa shape index (κ1) is 16.2. The molecule has 0 radical (unpaired) electrons. The lowest BCUT2D eigenvalue weighted by Crippen LogP contribution is -2.50. The Morgan fingerprint density at radius 2 is 1.95 bits per heavy atom. The predicted octanol–water partition coefficient (Wildman–Crippen LogP) is 4.16. The maximum absolute atomic E-state index is 12.3. The van der Waals surface area contributed by atoms with Gasteiger partial charge in [-0.15, -0.1) is 11.8 Å². The number of thioether (sulfide) groups is 1. The second-order valence-corrected chi connectivity index (χ2v) is 7.31. The van der Waals surface area contributed by atoms with Gasteiger partial charge in [0, 0.05) is 9.92 Å². The number of hydrogen-bond donors (Lipinski definition) is 1. The fourth-order valence-electron chi connectivity index (χ4n) is 2.53. The highest BCUT2D eigenvalue weighted by atomic mass is 35.5. The van der Waals surface area contributed by atoms with Crippen LogP contribution in [0.25, 0.3) is 0 Å². The molecule has 1 fully saturated rings. The standard InChI is InChI=1S/C16H19ClN2OS/c1-12(21-14-7-5-13(17)6-8-14)15(20)19-16(11-18)9-3-2-4-10-16/h5-8,12H,2-4,9-10H2,1H3,(H,19,20)/t12-/m1/s1. The van der Waals surface area contributed by atoms with Crippen LogP contribution in [0.15, 0.2) is 29.2 Å². The summed E-state index contributed by atoms with van der Waals surface area (Å²) in [5.74, 6) is -0.0709. The van der Waals surface area contributed by atoms with Crippen LogP contribution in [0.3, 0.4) is 0 Å². The van der Waals surface area contributed by atoms with Crippen LogP contribution in [0.1, 0.15) is 39.0 Å². The number of carbonyl (C=O) groups is 1. The van der Waals surface area contributed by atoms with Crippen molar-refractivity contribution in [2.75, 3.05) is 0 Å². The number of nitrogens with one attached hydrogen (secondary N) is 1. The quantitative estimate of drug-likeness (QED) is 0.847. The van der Waals surface area contributed by atoms with Crippen molar-refractivity contribution < 1.29 is 4.79 Å². The second-order valence-electron chi connectivity index (χ2n) is 5.46. The molecule has 1 atom stereocenters. The van der Waals surface area contributed by atoms with Crippen molar-refractivity contribution in [2.24, 2.45) is 0 Å². The minimum absolute atomic E-state index is 0.0709. The summed E-state index contributed by atoms with van der Waals surface area (Å²) in [5, 5.41) is 12.8. The van der Waals surface area contributed by atoms with E-state index >= 15 is 0 Å². The van der Waals surface area contributed by atoms with E-state index < -0.39 is 5.54 Å². The molecular weight excluding hydrogens is 304 g/mol. The van der Waals surface area contributed by atoms with Gasteiger partial charge in [0.1, 0.15) is 5.54 Å². The average Bonchev–Trinajstić information content (AvgIpc) is 2.50. The van der Waals surface area contributed by atoms with Gasteiger partial charge in [0.2, 0.25) is 5.91 Å². The molecule has 1 aromatic rings. The van der Waals surface area contributed by atoms with E-state index in [1.807, 2.05) is 31.2 Å². The second kappa shape index (κ2) is 7.20. The maximum Gasteiger partial charge on any atom is 0.234 e. The van der Waals surface area contributed by atoms with E-state index in [2.05, 4.69) is 11.4 Å². The molecule has 1 N–H and O–H groups in total. The van der Waals surface area contributed by atoms with Crippen molar-refractivity contribution in [1.82, 2.24) is 5.32 Å². The number of halogens is 1. The van der Waals surface area contributed by atoms with Gasteiger partial charge < -0.3 is 5.32 Å². The van der Waals surface area contributed by atoms with E-state index in [1.54, 1.807) is 0 Å². The summed E-state index contributed by atoms with van der Waals surface area (Å²) >= 11 is 7.33. The van der Waals surface area contributed by atoms with Crippen LogP contribution in [0.5, 0.6) is 0 Å². The number of benzene rings is 1. The maximum atomic E-state index is 12.3. The largest absolute Gasteiger partial charge is 0.337 e. The van der Waals surface area contributed by atoms with Gasteiger partial charge in [-0.2, -0.15) is 5.26 Å². The highest BCUT2D eigenvalue weighted by Gasteiger charge is 2.34. The summed E-state index contributed by atoms with van der Waals surface area (Å²) in [6.07, 6.45) is 4.68. The zero-order chi connectivity index (χ0) is 15.3. The Morgan fingerprint density at radius 1 is 1.33 bits per heavy atom. The van der Waals surface area contributed by atoms with Gasteiger partial charge in [-0.3, -0.25) is 4.79 Å². The molecule has 5 heteroatoms. The zero-order valence-corrected chi connectivity index (χ0v) is 13.6. The number of nitriles is 1. The van der Waals surface area contributed by atoms with Gasteiger partial charge in [0.25, 0.3) is 0 Å². The summed E-state index contributed by atoms with van der Waals surface area (Å²) < 4.78 is 0. The summed E-state index contributed by atoms with van der Waals surface area (Å²) in [6.45, 7) is 1.86. The monoisotopic (exact) mass is 322 g/mol. The van der Waals surface area contributed by atoms with Crippen molar-refractivity contribution in [1.29, 1.82) is 5.26 Å². The molecule has 3 nitrogen and oxygen atoms in total. The summed E-state index contributed by atoms with van der Waals surface area (Å²) in [6, 6.07) is 9.74. The highest BCUT2D eigenvalue weighted by molar-refractivity contribution is 8.00. The van der Waals surface area contributed by atoms with Crippen LogP contribution in [-0.2, 0) is 4.79 Å². The molecule has 0 aliphatic heterocycles. The Labute approximate surface area is 135 Å². The molecule has 1 aliphatic rings. The average molecular weight is 323 g/mol. The molecule has 1 saturated carbocycles. The SMILES string of the molecule is C[C@@H](Sc1ccc(Cl)cc1)C(=O)NC1(C#N)CCCCC1. The van der Waals surface area contributed by atoms with Crippen LogP contribution in [0, 0.1) is 11.3 Å². The third-order valence-corrected chi connectivity index (χ3v) is 5.14. The predicted molar refractivity (Wildman–Crippen MR) is 86.3 cm³/mol. The minimum Gasteiger partial charge on any atom is -0.337 e. The summed E-state index contributed by atoms with van der Waals surface area (Å²) in [4.78, 5) is 13.3. The van der Waals surface area contributed by atoms with Crippen molar-refractivity contribution in [2.45, 2.75) is 54.7 Å². The molecule has 1 amide bonds. The zero-order valence-electron chi connectivity index (χ0n) is 12.1. The number of carbonyl (C=O) groups excluding carboxylic acids is 1. The van der Waals surface area contributed by atoms with Gasteiger partial charge >= 0.3 is 0 Å². The van der Waals surface area contributed by atoms with E-state index in [4.69, 9.17) is 11.6 Å². The molecule has 2 rings (SSSR count). The smallest absolute Gasteiger partial charge is 0.234 e. The molecule has 1 aromatic carbocycles. The number of nitrogens with zero attached hydrogens (tertiary/aromatic N) is 1. The lowest BCUT2D eigenvalue weighted by atomic mass is 9.83. The van der Waals surface area contributed by atoms with E-state index in [0.717, 1.165) is 37.0 Å². The van der Waals surface area contributed by atoms with Crippen molar-refractivity contribution in [3.63, 3.8) is 0 Å². The molecule has 0 aromatic heterocycles. The van der Waals surface area contributed by atoms with Crippen molar-refractivity contribution in [3.8, 4) is 6.07 Å². The van der Waals surface area contributed by atoms with Gasteiger partial charge in [0.15, 0.2) is 0 Å². The topological polar surface area (TPSA) is 52.9 Å². The van der Waals surface area contributed by atoms with Crippen molar-refractivity contribution in [3.05, 3.63) is 29.3 Å². The van der Waals surface area contributed by atoms with Gasteiger partial charge in [-0.25, -0.2) is 0 Å². The lowest BCUT2D eigenvalue weighted by Gasteiger charge is -2.32. The Morgan fingerprint density at radius 3 is 2.52 bits per heavy atom. The normalized spacial score (nSPS) is 18.5. The molecular formula is C16H19ClN2OS. The molecule has 112 valence electrons. The third-order valence-electron chi connectivity index (χ3n) is 3.78. The van der Waals surface area contributed by atoms with Gasteiger partial charge in [-0.05, 0) is 44.0 Å². The van der Waals surface area contributed by atoms with Crippen LogP contribution >= 0.6 is 23.4 Å². The first-order valence-corrected chi connectivity index (χ1v) is 8.46. The summed E-state index contributed by atoms with van der Waals surface area (Å²) in [5.41, 5.74) is -0.663. The van der Waals surface area contributed by atoms with Crippen LogP contribution in [0.2, 0.25) is 5.02 Å². The minimum atomic E-state index is -0.663. The van der Waals surface area contributed by atoms with E-state index in [-0.39, 0.29) is 11.2 Å². The van der Waals surface area contributed by atoms with E-state index in [9.17, 15) is 10.1 Å². The Balaban J connectivity index is 1.95. The van der Waals surface area contributed by atoms with E-state index in [1.165, 1.54) is 11.8 Å². The van der Waals surface area contributed by atoms with Gasteiger partial charge in [0.05, 0.1) is 11.3 Å². The number of hydrogen-bond acceptors (Lipinski definition) is 3. The molecule has 0 heterocycles. The Kier molecular flexibility index (Phi) is 5.55. The van der Waals surface area contributed by atoms with Crippen LogP contribution in [-0.4, -0.2) is 16.7 Å². The van der Waals surface area contributed by atoms with Crippen LogP contribution in [0.4, 0.5) is 0 Å². The molecule has 1 aliphatic carbocycles. The fraction of sp³-hybridized carbons (Fsp3) is 0.500. The molecule has 21 heavy (non-hydrogen) atoms. The molecule has 0 saturated heterocycles. The van der Waals surface area contributed by atoms with E-state index in [0.29, 0.717) is 5.02 Å². The fourth-order valence-corrected chi connectivity index (χ4v) is 3.52. The number of rotatable bonds is 4. The van der Waals surface area contributed by atoms with Crippen molar-refractivity contribution >= 4 is 29.3 Å². The highest BCUT2D eigenvalue weighted by Crippen LogP contribution is 2.29. The number of amides is 1. The molecule has 0 spiro atoms. The first-order valence-electron chi connectivity index (χ1n) is 7.20. The molecule has 0 unspecified atom stereocenters. The molecule has 0 bridgehead atoms. The lowest BCUT2D eigenvalue weighted by molar-refractivity contribution is -0.121. The van der Waals surface area contributed by atoms with Gasteiger partial charge in [-0.1, -0.05) is 30.9 Å².